The first-order valence-corrected chi connectivity index (χ1v) is 4.51. The van der Waals surface area contributed by atoms with Gasteiger partial charge in [0.1, 0.15) is 5.56 Å². The van der Waals surface area contributed by atoms with E-state index < -0.39 is 0 Å². The van der Waals surface area contributed by atoms with E-state index in [9.17, 15) is 4.79 Å². The highest BCUT2D eigenvalue weighted by Gasteiger charge is 2.12. The molecular formula is C10H11N3O2. The van der Waals surface area contributed by atoms with Gasteiger partial charge in [-0.15, -0.1) is 0 Å². The molecule has 0 aliphatic rings. The third kappa shape index (κ3) is 1.57. The lowest BCUT2D eigenvalue weighted by molar-refractivity contribution is 0.0603. The highest BCUT2D eigenvalue weighted by Crippen LogP contribution is 2.13. The lowest BCUT2D eigenvalue weighted by Crippen LogP contribution is -2.02. The highest BCUT2D eigenvalue weighted by atomic mass is 16.5. The smallest absolute Gasteiger partial charge is 0.341 e. The molecule has 0 saturated heterocycles. The molecule has 0 fully saturated rings. The zero-order valence-corrected chi connectivity index (χ0v) is 8.30. The molecule has 5 nitrogen and oxygen atoms in total. The van der Waals surface area contributed by atoms with Crippen molar-refractivity contribution in [2.24, 2.45) is 5.73 Å². The number of hydrogen-bond donors (Lipinski definition) is 1. The molecular weight excluding hydrogens is 194 g/mol. The first-order valence-electron chi connectivity index (χ1n) is 4.51. The van der Waals surface area contributed by atoms with Crippen LogP contribution in [0.4, 0.5) is 0 Å². The molecule has 0 aliphatic heterocycles. The molecule has 0 atom stereocenters. The van der Waals surface area contributed by atoms with E-state index in [1.165, 1.54) is 13.3 Å². The number of pyridine rings is 1. The number of carbonyl (C=O) groups excluding carboxylic acids is 1. The molecule has 0 saturated carbocycles. The monoisotopic (exact) mass is 205 g/mol. The summed E-state index contributed by atoms with van der Waals surface area (Å²) in [4.78, 5) is 11.4. The van der Waals surface area contributed by atoms with Crippen LogP contribution in [0, 0.1) is 0 Å². The van der Waals surface area contributed by atoms with E-state index in [4.69, 9.17) is 5.73 Å². The van der Waals surface area contributed by atoms with Gasteiger partial charge in [0.05, 0.1) is 18.8 Å². The van der Waals surface area contributed by atoms with Crippen molar-refractivity contribution in [2.45, 2.75) is 6.54 Å². The van der Waals surface area contributed by atoms with Gasteiger partial charge in [0.2, 0.25) is 0 Å². The van der Waals surface area contributed by atoms with Gasteiger partial charge >= 0.3 is 5.97 Å². The lowest BCUT2D eigenvalue weighted by atomic mass is 10.2. The summed E-state index contributed by atoms with van der Waals surface area (Å²) in [7, 11) is 1.35. The summed E-state index contributed by atoms with van der Waals surface area (Å²) < 4.78 is 6.27. The van der Waals surface area contributed by atoms with E-state index in [-0.39, 0.29) is 5.97 Å². The van der Waals surface area contributed by atoms with E-state index in [2.05, 4.69) is 9.84 Å². The molecule has 0 aliphatic carbocycles. The molecule has 5 heteroatoms. The number of nitrogens with zero attached hydrogens (tertiary/aromatic N) is 2. The van der Waals surface area contributed by atoms with E-state index in [0.29, 0.717) is 17.6 Å². The van der Waals surface area contributed by atoms with E-state index in [1.807, 2.05) is 12.1 Å². The van der Waals surface area contributed by atoms with Crippen LogP contribution in [0.15, 0.2) is 24.5 Å². The van der Waals surface area contributed by atoms with Gasteiger partial charge in [-0.3, -0.25) is 0 Å². The Morgan fingerprint density at radius 3 is 3.13 bits per heavy atom. The summed E-state index contributed by atoms with van der Waals surface area (Å²) in [5.41, 5.74) is 7.64. The van der Waals surface area contributed by atoms with Crippen LogP contribution in [-0.2, 0) is 11.3 Å². The summed E-state index contributed by atoms with van der Waals surface area (Å²) in [5, 5.41) is 4.04. The molecule has 0 amide bonds. The van der Waals surface area contributed by atoms with Crippen LogP contribution in [0.3, 0.4) is 0 Å². The number of aromatic nitrogens is 2. The molecule has 78 valence electrons. The van der Waals surface area contributed by atoms with Crippen LogP contribution in [0.5, 0.6) is 0 Å². The normalized spacial score (nSPS) is 10.5. The molecule has 0 spiro atoms. The van der Waals surface area contributed by atoms with Crippen molar-refractivity contribution < 1.29 is 9.53 Å². The maximum absolute atomic E-state index is 11.4. The average molecular weight is 205 g/mol. The zero-order valence-electron chi connectivity index (χ0n) is 8.30. The summed E-state index contributed by atoms with van der Waals surface area (Å²) in [5.74, 6) is -0.390. The maximum Gasteiger partial charge on any atom is 0.341 e. The number of esters is 1. The minimum Gasteiger partial charge on any atom is -0.465 e. The Morgan fingerprint density at radius 1 is 1.67 bits per heavy atom. The number of methoxy groups -OCH3 is 1. The van der Waals surface area contributed by atoms with Gasteiger partial charge in [-0.05, 0) is 17.7 Å². The van der Waals surface area contributed by atoms with Crippen LogP contribution >= 0.6 is 0 Å². The zero-order chi connectivity index (χ0) is 10.8. The predicted octanol–water partition coefficient (Wildman–Crippen LogP) is 0.580. The number of carbonyl (C=O) groups is 1. The largest absolute Gasteiger partial charge is 0.465 e. The molecule has 15 heavy (non-hydrogen) atoms. The first-order chi connectivity index (χ1) is 7.26. The van der Waals surface area contributed by atoms with Gasteiger partial charge in [0, 0.05) is 12.7 Å². The van der Waals surface area contributed by atoms with Gasteiger partial charge in [-0.1, -0.05) is 0 Å². The molecule has 2 N–H and O–H groups in total. The van der Waals surface area contributed by atoms with Gasteiger partial charge in [0.15, 0.2) is 0 Å². The quantitative estimate of drug-likeness (QED) is 0.728. The van der Waals surface area contributed by atoms with Crippen molar-refractivity contribution in [1.82, 2.24) is 9.61 Å². The fraction of sp³-hybridized carbons (Fsp3) is 0.200. The fourth-order valence-electron chi connectivity index (χ4n) is 1.42. The highest BCUT2D eigenvalue weighted by molar-refractivity contribution is 5.96. The Balaban J connectivity index is 2.61. The maximum atomic E-state index is 11.4. The Bertz CT molecular complexity index is 504. The number of nitrogens with two attached hydrogens (primary N) is 1. The number of ether oxygens (including phenoxy) is 1. The molecule has 0 unspecified atom stereocenters. The predicted molar refractivity (Wildman–Crippen MR) is 54.4 cm³/mol. The Labute approximate surface area is 86.4 Å². The standard InChI is InChI=1S/C10H11N3O2/c1-15-10(14)8-6-12-13-3-2-7(5-11)4-9(8)13/h2-4,6H,5,11H2,1H3. The van der Waals surface area contributed by atoms with Gasteiger partial charge in [-0.2, -0.15) is 5.10 Å². The number of fused-ring (bicyclic) bond motifs is 1. The van der Waals surface area contributed by atoms with E-state index in [0.717, 1.165) is 5.56 Å². The summed E-state index contributed by atoms with van der Waals surface area (Å²) in [6.45, 7) is 0.433. The van der Waals surface area contributed by atoms with Crippen molar-refractivity contribution >= 4 is 11.5 Å². The summed E-state index contributed by atoms with van der Waals surface area (Å²) in [6.07, 6.45) is 3.26. The molecule has 2 rings (SSSR count). The average Bonchev–Trinajstić information content (AvgIpc) is 2.70. The van der Waals surface area contributed by atoms with Gasteiger partial charge in [-0.25, -0.2) is 9.31 Å². The second-order valence-electron chi connectivity index (χ2n) is 3.12. The molecule has 0 bridgehead atoms. The second-order valence-corrected chi connectivity index (χ2v) is 3.12. The van der Waals surface area contributed by atoms with E-state index >= 15 is 0 Å². The Kier molecular flexibility index (Phi) is 2.39. The topological polar surface area (TPSA) is 69.6 Å². The number of rotatable bonds is 2. The Hall–Kier alpha value is -1.88. The summed E-state index contributed by atoms with van der Waals surface area (Å²) in [6, 6.07) is 3.69. The Morgan fingerprint density at radius 2 is 2.47 bits per heavy atom. The molecule has 0 radical (unpaired) electrons. The molecule has 0 aromatic carbocycles. The SMILES string of the molecule is COC(=O)c1cnn2ccc(CN)cc12. The van der Waals surface area contributed by atoms with Crippen molar-refractivity contribution in [2.75, 3.05) is 7.11 Å². The van der Waals surface area contributed by atoms with Gasteiger partial charge in [0.25, 0.3) is 0 Å². The van der Waals surface area contributed by atoms with Crippen LogP contribution in [0.25, 0.3) is 5.52 Å². The third-order valence-corrected chi connectivity index (χ3v) is 2.23. The van der Waals surface area contributed by atoms with E-state index in [1.54, 1.807) is 10.7 Å². The van der Waals surface area contributed by atoms with Crippen molar-refractivity contribution in [3.8, 4) is 0 Å². The third-order valence-electron chi connectivity index (χ3n) is 2.23. The second kappa shape index (κ2) is 3.70. The van der Waals surface area contributed by atoms with Crippen LogP contribution in [0.1, 0.15) is 15.9 Å². The minimum absolute atomic E-state index is 0.390. The van der Waals surface area contributed by atoms with Crippen LogP contribution < -0.4 is 5.73 Å². The molecule has 2 heterocycles. The van der Waals surface area contributed by atoms with Crippen molar-refractivity contribution in [1.29, 1.82) is 0 Å². The van der Waals surface area contributed by atoms with Crippen molar-refractivity contribution in [3.63, 3.8) is 0 Å². The van der Waals surface area contributed by atoms with Crippen molar-refractivity contribution in [3.05, 3.63) is 35.7 Å². The number of hydrogen-bond acceptors (Lipinski definition) is 4. The van der Waals surface area contributed by atoms with Crippen LogP contribution in [0.2, 0.25) is 0 Å². The molecule has 2 aromatic heterocycles. The lowest BCUT2D eigenvalue weighted by Gasteiger charge is -1.99. The first kappa shape index (κ1) is 9.67. The fourth-order valence-corrected chi connectivity index (χ4v) is 1.42. The molecule has 2 aromatic rings. The van der Waals surface area contributed by atoms with Gasteiger partial charge < -0.3 is 10.5 Å². The minimum atomic E-state index is -0.390. The van der Waals surface area contributed by atoms with Crippen LogP contribution in [-0.4, -0.2) is 22.7 Å². The summed E-state index contributed by atoms with van der Waals surface area (Å²) >= 11 is 0.